The average molecular weight is 729 g/mol. The van der Waals surface area contributed by atoms with Crippen LogP contribution >= 0.6 is 11.6 Å². The number of carbonyl (C=O) groups excluding carboxylic acids is 3. The molecule has 0 aromatic heterocycles. The number of likely N-dealkylation sites (tertiary alicyclic amines) is 1. The van der Waals surface area contributed by atoms with Crippen molar-refractivity contribution in [1.82, 2.24) is 14.7 Å². The number of anilines is 3. The number of carboxylic acid groups (broad SMARTS) is 1. The zero-order chi connectivity index (χ0) is 36.4. The van der Waals surface area contributed by atoms with Gasteiger partial charge in [0.05, 0.1) is 21.8 Å². The number of piperazine rings is 1. The zero-order valence-corrected chi connectivity index (χ0v) is 28.1. The normalized spacial score (nSPS) is 17.5. The number of nitrogens with one attached hydrogen (secondary N) is 1. The van der Waals surface area contributed by atoms with Crippen LogP contribution in [0, 0.1) is 0 Å². The summed E-state index contributed by atoms with van der Waals surface area (Å²) in [7, 11) is 0. The summed E-state index contributed by atoms with van der Waals surface area (Å²) in [5.41, 5.74) is 6.48. The number of nitrogen functional groups attached to an aromatic ring is 1. The molecule has 3 aromatic rings. The number of benzene rings is 3. The molecular weight excluding hydrogens is 693 g/mol. The highest BCUT2D eigenvalue weighted by Crippen LogP contribution is 2.38. The van der Waals surface area contributed by atoms with Gasteiger partial charge in [0, 0.05) is 69.7 Å². The van der Waals surface area contributed by atoms with Gasteiger partial charge in [-0.1, -0.05) is 29.8 Å². The molecule has 0 bridgehead atoms. The Morgan fingerprint density at radius 1 is 0.961 bits per heavy atom. The molecule has 1 atom stereocenters. The third-order valence-corrected chi connectivity index (χ3v) is 9.84. The number of hydrogen-bond donors (Lipinski definition) is 3. The number of carboxylic acids is 1. The predicted molar refractivity (Wildman–Crippen MR) is 183 cm³/mol. The van der Waals surface area contributed by atoms with Crippen LogP contribution in [0.5, 0.6) is 0 Å². The van der Waals surface area contributed by atoms with Crippen LogP contribution in [0.1, 0.15) is 39.9 Å². The first-order valence-corrected chi connectivity index (χ1v) is 16.8. The predicted octanol–water partition coefficient (Wildman–Crippen LogP) is 5.55. The number of para-hydroxylation sites is 1. The third kappa shape index (κ3) is 7.93. The Bertz CT molecular complexity index is 1810. The molecule has 16 heteroatoms. The molecule has 0 saturated carbocycles. The minimum absolute atomic E-state index is 0.0138. The molecular formula is C35H36ClF3N6O6. The summed E-state index contributed by atoms with van der Waals surface area (Å²) >= 11 is 6.07. The molecule has 6 rings (SSSR count). The fourth-order valence-electron chi connectivity index (χ4n) is 6.70. The quantitative estimate of drug-likeness (QED) is 0.269. The summed E-state index contributed by atoms with van der Waals surface area (Å²) in [6.45, 7) is 2.10. The molecule has 3 aliphatic rings. The van der Waals surface area contributed by atoms with Crippen molar-refractivity contribution < 1.29 is 42.2 Å². The highest BCUT2D eigenvalue weighted by Gasteiger charge is 2.38. The third-order valence-electron chi connectivity index (χ3n) is 9.53. The van der Waals surface area contributed by atoms with Crippen LogP contribution in [0.25, 0.3) is 0 Å². The molecule has 3 heterocycles. The number of nitrogens with zero attached hydrogens (tertiary/aromatic N) is 4. The molecule has 2 fully saturated rings. The summed E-state index contributed by atoms with van der Waals surface area (Å²) < 4.78 is 47.1. The minimum Gasteiger partial charge on any atom is -0.478 e. The number of nitrogens with two attached hydrogens (primary N) is 1. The summed E-state index contributed by atoms with van der Waals surface area (Å²) in [4.78, 5) is 58.1. The Balaban J connectivity index is 1.14. The molecule has 12 nitrogen and oxygen atoms in total. The van der Waals surface area contributed by atoms with Gasteiger partial charge < -0.3 is 40.5 Å². The van der Waals surface area contributed by atoms with Crippen molar-refractivity contribution in [2.24, 2.45) is 0 Å². The number of carbonyl (C=O) groups is 4. The lowest BCUT2D eigenvalue weighted by atomic mass is 10.0. The molecule has 0 unspecified atom stereocenters. The molecule has 4 N–H and O–H groups in total. The summed E-state index contributed by atoms with van der Waals surface area (Å²) in [6.07, 6.45) is -6.54. The van der Waals surface area contributed by atoms with E-state index >= 15 is 0 Å². The van der Waals surface area contributed by atoms with Gasteiger partial charge in [0.15, 0.2) is 6.10 Å². The smallest absolute Gasteiger partial charge is 0.418 e. The Hall–Kier alpha value is -5.18. The molecule has 270 valence electrons. The van der Waals surface area contributed by atoms with E-state index in [1.165, 1.54) is 28.0 Å². The largest absolute Gasteiger partial charge is 0.478 e. The average Bonchev–Trinajstić information content (AvgIpc) is 3.11. The zero-order valence-electron chi connectivity index (χ0n) is 27.4. The molecule has 2 saturated heterocycles. The van der Waals surface area contributed by atoms with E-state index in [1.54, 1.807) is 17.0 Å². The number of ether oxygens (including phenoxy) is 1. The van der Waals surface area contributed by atoms with Crippen LogP contribution in [0.15, 0.2) is 60.7 Å². The number of alkyl halides is 3. The van der Waals surface area contributed by atoms with E-state index in [4.69, 9.17) is 22.1 Å². The van der Waals surface area contributed by atoms with Crippen LogP contribution < -0.4 is 16.0 Å². The molecule has 0 aliphatic carbocycles. The number of fused-ring (bicyclic) bond motifs is 1. The minimum atomic E-state index is -4.81. The number of amides is 4. The number of urea groups is 1. The maximum atomic E-state index is 13.9. The van der Waals surface area contributed by atoms with Crippen molar-refractivity contribution >= 4 is 52.7 Å². The van der Waals surface area contributed by atoms with E-state index < -0.39 is 41.5 Å². The topological polar surface area (TPSA) is 149 Å². The lowest BCUT2D eigenvalue weighted by Crippen LogP contribution is -2.54. The van der Waals surface area contributed by atoms with Crippen molar-refractivity contribution in [2.75, 3.05) is 55.2 Å². The van der Waals surface area contributed by atoms with E-state index in [9.17, 15) is 37.5 Å². The summed E-state index contributed by atoms with van der Waals surface area (Å²) in [5, 5.41) is 11.8. The second-order valence-corrected chi connectivity index (χ2v) is 13.1. The van der Waals surface area contributed by atoms with Gasteiger partial charge in [-0.3, -0.25) is 4.79 Å². The van der Waals surface area contributed by atoms with Crippen LogP contribution in [0.2, 0.25) is 5.02 Å². The molecule has 0 spiro atoms. The Morgan fingerprint density at radius 2 is 1.63 bits per heavy atom. The number of rotatable bonds is 7. The van der Waals surface area contributed by atoms with E-state index in [0.717, 1.165) is 23.0 Å². The van der Waals surface area contributed by atoms with Crippen molar-refractivity contribution in [3.8, 4) is 0 Å². The Morgan fingerprint density at radius 3 is 2.27 bits per heavy atom. The van der Waals surface area contributed by atoms with Crippen molar-refractivity contribution in [3.63, 3.8) is 0 Å². The second kappa shape index (κ2) is 14.6. The SMILES string of the molecule is Nc1c(Cl)cc(C[C@@H](OC(=O)N2CCC(N3Cc4ccccc4NC3=O)CC2)C(=O)N2CCN(c3ccc(C(=O)O)cc3)CC2)cc1C(F)(F)F. The fraction of sp³-hybridized carbons (Fsp3) is 0.371. The van der Waals surface area contributed by atoms with E-state index in [2.05, 4.69) is 5.32 Å². The van der Waals surface area contributed by atoms with Crippen LogP contribution in [0.4, 0.5) is 39.8 Å². The molecule has 51 heavy (non-hydrogen) atoms. The maximum absolute atomic E-state index is 13.9. The van der Waals surface area contributed by atoms with Crippen molar-refractivity contribution in [2.45, 2.75) is 44.1 Å². The Labute approximate surface area is 296 Å². The van der Waals surface area contributed by atoms with E-state index in [0.29, 0.717) is 32.5 Å². The van der Waals surface area contributed by atoms with Gasteiger partial charge in [0.1, 0.15) is 0 Å². The molecule has 3 aromatic carbocycles. The molecule has 3 aliphatic heterocycles. The Kier molecular flexibility index (Phi) is 10.2. The number of aromatic carboxylic acids is 1. The maximum Gasteiger partial charge on any atom is 0.418 e. The first-order valence-electron chi connectivity index (χ1n) is 16.4. The van der Waals surface area contributed by atoms with E-state index in [1.807, 2.05) is 29.2 Å². The van der Waals surface area contributed by atoms with E-state index in [-0.39, 0.29) is 60.8 Å². The summed E-state index contributed by atoms with van der Waals surface area (Å²) in [5.74, 6) is -1.63. The molecule has 4 amide bonds. The monoisotopic (exact) mass is 728 g/mol. The number of hydrogen-bond acceptors (Lipinski definition) is 7. The van der Waals surface area contributed by atoms with Gasteiger partial charge in [-0.2, -0.15) is 13.2 Å². The second-order valence-electron chi connectivity index (χ2n) is 12.7. The van der Waals surface area contributed by atoms with Gasteiger partial charge in [-0.25, -0.2) is 14.4 Å². The van der Waals surface area contributed by atoms with Crippen LogP contribution in [0.3, 0.4) is 0 Å². The van der Waals surface area contributed by atoms with Crippen LogP contribution in [-0.4, -0.2) is 95.2 Å². The summed E-state index contributed by atoms with van der Waals surface area (Å²) in [6, 6.07) is 15.5. The van der Waals surface area contributed by atoms with Crippen molar-refractivity contribution in [3.05, 3.63) is 87.9 Å². The van der Waals surface area contributed by atoms with Gasteiger partial charge in [0.25, 0.3) is 5.91 Å². The van der Waals surface area contributed by atoms with Crippen molar-refractivity contribution in [1.29, 1.82) is 0 Å². The van der Waals surface area contributed by atoms with Gasteiger partial charge in [0.2, 0.25) is 0 Å². The highest BCUT2D eigenvalue weighted by atomic mass is 35.5. The van der Waals surface area contributed by atoms with Crippen LogP contribution in [-0.2, 0) is 28.7 Å². The lowest BCUT2D eigenvalue weighted by Gasteiger charge is -2.40. The number of piperidine rings is 1. The standard InChI is InChI=1S/C35H36ClF3N6O6/c36-27-18-21(17-26(30(27)40)35(37,38)39)19-29(31(46)43-15-13-42(14-16-43)24-7-5-22(6-8-24)32(47)48)51-34(50)44-11-9-25(10-12-44)45-20-23-3-1-2-4-28(23)41-33(45)49/h1-8,17-18,25,29H,9-16,19-20,40H2,(H,41,49)(H,47,48)/t29-/m1/s1. The lowest BCUT2D eigenvalue weighted by molar-refractivity contribution is -0.141. The fourth-order valence-corrected chi connectivity index (χ4v) is 6.94. The molecule has 0 radical (unpaired) electrons. The van der Waals surface area contributed by atoms with Gasteiger partial charge >= 0.3 is 24.3 Å². The first-order chi connectivity index (χ1) is 24.3. The van der Waals surface area contributed by atoms with Gasteiger partial charge in [-0.15, -0.1) is 0 Å². The first kappa shape index (κ1) is 35.6. The number of halogens is 4. The van der Waals surface area contributed by atoms with Gasteiger partial charge in [-0.05, 0) is 66.4 Å². The highest BCUT2D eigenvalue weighted by molar-refractivity contribution is 6.33.